The molecule has 0 amide bonds. The summed E-state index contributed by atoms with van der Waals surface area (Å²) in [7, 11) is 0. The van der Waals surface area contributed by atoms with Crippen LogP contribution in [-0.2, 0) is 9.53 Å². The third-order valence-electron chi connectivity index (χ3n) is 2.23. The summed E-state index contributed by atoms with van der Waals surface area (Å²) in [5.41, 5.74) is 0. The maximum Gasteiger partial charge on any atom is 0.347 e. The van der Waals surface area contributed by atoms with E-state index in [9.17, 15) is 4.79 Å². The second kappa shape index (κ2) is 7.58. The Morgan fingerprint density at radius 1 is 1.17 bits per heavy atom. The number of benzene rings is 1. The highest BCUT2D eigenvalue weighted by Gasteiger charge is 2.15. The second-order valence-corrected chi connectivity index (χ2v) is 3.83. The van der Waals surface area contributed by atoms with Crippen LogP contribution >= 0.6 is 0 Å². The van der Waals surface area contributed by atoms with Crippen molar-refractivity contribution in [3.05, 3.63) is 24.3 Å². The highest BCUT2D eigenvalue weighted by atomic mass is 16.6. The van der Waals surface area contributed by atoms with E-state index in [2.05, 4.69) is 6.92 Å². The zero-order valence-electron chi connectivity index (χ0n) is 11.1. The molecule has 0 heterocycles. The molecular formula is C14H20O4. The van der Waals surface area contributed by atoms with E-state index in [-0.39, 0.29) is 5.97 Å². The predicted octanol–water partition coefficient (Wildman–Crippen LogP) is 2.81. The fourth-order valence-electron chi connectivity index (χ4n) is 1.35. The van der Waals surface area contributed by atoms with Crippen LogP contribution in [0.4, 0.5) is 0 Å². The lowest BCUT2D eigenvalue weighted by molar-refractivity contribution is -0.150. The van der Waals surface area contributed by atoms with E-state index in [1.807, 2.05) is 12.1 Å². The largest absolute Gasteiger partial charge is 0.494 e. The van der Waals surface area contributed by atoms with Crippen LogP contribution in [0.1, 0.15) is 27.2 Å². The molecule has 1 aromatic rings. The van der Waals surface area contributed by atoms with Gasteiger partial charge in [-0.15, -0.1) is 0 Å². The van der Waals surface area contributed by atoms with Gasteiger partial charge in [-0.2, -0.15) is 0 Å². The van der Waals surface area contributed by atoms with E-state index in [0.717, 1.165) is 12.2 Å². The van der Waals surface area contributed by atoms with Gasteiger partial charge in [0.05, 0.1) is 13.2 Å². The molecule has 0 fully saturated rings. The van der Waals surface area contributed by atoms with Gasteiger partial charge in [0.25, 0.3) is 0 Å². The first-order chi connectivity index (χ1) is 8.67. The highest BCUT2D eigenvalue weighted by Crippen LogP contribution is 2.19. The van der Waals surface area contributed by atoms with Crippen molar-refractivity contribution in [2.24, 2.45) is 0 Å². The van der Waals surface area contributed by atoms with E-state index in [1.165, 1.54) is 0 Å². The Morgan fingerprint density at radius 3 is 2.33 bits per heavy atom. The molecular weight excluding hydrogens is 232 g/mol. The van der Waals surface area contributed by atoms with Crippen LogP contribution in [0.15, 0.2) is 24.3 Å². The number of ether oxygens (including phenoxy) is 3. The Hall–Kier alpha value is -1.71. The summed E-state index contributed by atoms with van der Waals surface area (Å²) in [5.74, 6) is 1.07. The van der Waals surface area contributed by atoms with Crippen molar-refractivity contribution in [2.75, 3.05) is 13.2 Å². The van der Waals surface area contributed by atoms with Crippen molar-refractivity contribution in [2.45, 2.75) is 33.3 Å². The van der Waals surface area contributed by atoms with Crippen LogP contribution in [0, 0.1) is 0 Å². The molecule has 0 spiro atoms. The minimum Gasteiger partial charge on any atom is -0.494 e. The van der Waals surface area contributed by atoms with Crippen LogP contribution < -0.4 is 9.47 Å². The van der Waals surface area contributed by atoms with Gasteiger partial charge in [0.1, 0.15) is 11.5 Å². The number of carbonyl (C=O) groups excluding carboxylic acids is 1. The van der Waals surface area contributed by atoms with Gasteiger partial charge in [0, 0.05) is 0 Å². The molecule has 100 valence electrons. The second-order valence-electron chi connectivity index (χ2n) is 3.83. The molecule has 4 heteroatoms. The maximum atomic E-state index is 11.4. The van der Waals surface area contributed by atoms with E-state index >= 15 is 0 Å². The molecule has 0 radical (unpaired) electrons. The zero-order chi connectivity index (χ0) is 13.4. The molecule has 0 aliphatic carbocycles. The Labute approximate surface area is 108 Å². The quantitative estimate of drug-likeness (QED) is 0.700. The first-order valence-corrected chi connectivity index (χ1v) is 6.23. The van der Waals surface area contributed by atoms with Crippen molar-refractivity contribution in [1.82, 2.24) is 0 Å². The lowest BCUT2D eigenvalue weighted by atomic mass is 10.3. The van der Waals surface area contributed by atoms with Crippen molar-refractivity contribution in [3.63, 3.8) is 0 Å². The molecule has 0 aliphatic rings. The molecule has 1 atom stereocenters. The Morgan fingerprint density at radius 2 is 1.78 bits per heavy atom. The maximum absolute atomic E-state index is 11.4. The van der Waals surface area contributed by atoms with E-state index < -0.39 is 6.10 Å². The monoisotopic (exact) mass is 252 g/mol. The first-order valence-electron chi connectivity index (χ1n) is 6.23. The summed E-state index contributed by atoms with van der Waals surface area (Å²) < 4.78 is 15.8. The minimum atomic E-state index is -0.604. The van der Waals surface area contributed by atoms with Gasteiger partial charge in [0.15, 0.2) is 6.10 Å². The average Bonchev–Trinajstić information content (AvgIpc) is 2.38. The summed E-state index contributed by atoms with van der Waals surface area (Å²) in [6, 6.07) is 7.20. The van der Waals surface area contributed by atoms with Crippen LogP contribution in [0.25, 0.3) is 0 Å². The third-order valence-corrected chi connectivity index (χ3v) is 2.23. The van der Waals surface area contributed by atoms with E-state index in [1.54, 1.807) is 26.0 Å². The van der Waals surface area contributed by atoms with Gasteiger partial charge in [0.2, 0.25) is 0 Å². The number of hydrogen-bond acceptors (Lipinski definition) is 4. The minimum absolute atomic E-state index is 0.357. The number of carbonyl (C=O) groups is 1. The summed E-state index contributed by atoms with van der Waals surface area (Å²) in [6.07, 6.45) is 0.366. The number of esters is 1. The lowest BCUT2D eigenvalue weighted by Crippen LogP contribution is -2.25. The van der Waals surface area contributed by atoms with Gasteiger partial charge in [-0.3, -0.25) is 0 Å². The fraction of sp³-hybridized carbons (Fsp3) is 0.500. The molecule has 0 bridgehead atoms. The normalized spacial score (nSPS) is 11.7. The molecule has 0 N–H and O–H groups in total. The van der Waals surface area contributed by atoms with Crippen LogP contribution in [-0.4, -0.2) is 25.3 Å². The van der Waals surface area contributed by atoms with Gasteiger partial charge in [-0.05, 0) is 44.5 Å². The summed E-state index contributed by atoms with van der Waals surface area (Å²) in [6.45, 7) is 6.54. The molecule has 0 aliphatic heterocycles. The van der Waals surface area contributed by atoms with E-state index in [0.29, 0.717) is 19.0 Å². The molecule has 1 unspecified atom stereocenters. The first kappa shape index (κ1) is 14.4. The number of rotatable bonds is 7. The van der Waals surface area contributed by atoms with Crippen molar-refractivity contribution in [1.29, 1.82) is 0 Å². The third kappa shape index (κ3) is 4.65. The highest BCUT2D eigenvalue weighted by molar-refractivity contribution is 5.74. The van der Waals surface area contributed by atoms with Crippen LogP contribution in [0.3, 0.4) is 0 Å². The van der Waals surface area contributed by atoms with Gasteiger partial charge >= 0.3 is 5.97 Å². The van der Waals surface area contributed by atoms with Gasteiger partial charge < -0.3 is 14.2 Å². The van der Waals surface area contributed by atoms with Crippen molar-refractivity contribution in [3.8, 4) is 11.5 Å². The molecule has 0 saturated heterocycles. The standard InChI is InChI=1S/C14H20O4/c1-4-10-17-12-6-8-13(9-7-12)18-11(3)14(15)16-5-2/h6-9,11H,4-5,10H2,1-3H3. The topological polar surface area (TPSA) is 44.8 Å². The molecule has 4 nitrogen and oxygen atoms in total. The molecule has 18 heavy (non-hydrogen) atoms. The zero-order valence-corrected chi connectivity index (χ0v) is 11.1. The SMILES string of the molecule is CCCOc1ccc(OC(C)C(=O)OCC)cc1. The average molecular weight is 252 g/mol. The smallest absolute Gasteiger partial charge is 0.347 e. The van der Waals surface area contributed by atoms with Gasteiger partial charge in [-0.1, -0.05) is 6.92 Å². The van der Waals surface area contributed by atoms with Crippen molar-refractivity contribution >= 4 is 5.97 Å². The van der Waals surface area contributed by atoms with Crippen LogP contribution in [0.2, 0.25) is 0 Å². The summed E-state index contributed by atoms with van der Waals surface area (Å²) in [5, 5.41) is 0. The summed E-state index contributed by atoms with van der Waals surface area (Å²) >= 11 is 0. The molecule has 1 rings (SSSR count). The molecule has 0 saturated carbocycles. The predicted molar refractivity (Wildman–Crippen MR) is 69.0 cm³/mol. The summed E-state index contributed by atoms with van der Waals surface area (Å²) in [4.78, 5) is 11.4. The van der Waals surface area contributed by atoms with Crippen LogP contribution in [0.5, 0.6) is 11.5 Å². The lowest BCUT2D eigenvalue weighted by Gasteiger charge is -2.13. The molecule has 1 aromatic carbocycles. The molecule has 0 aromatic heterocycles. The Kier molecular flexibility index (Phi) is 6.05. The Balaban J connectivity index is 2.50. The van der Waals surface area contributed by atoms with Crippen molar-refractivity contribution < 1.29 is 19.0 Å². The van der Waals surface area contributed by atoms with Gasteiger partial charge in [-0.25, -0.2) is 4.79 Å². The fourth-order valence-corrected chi connectivity index (χ4v) is 1.35. The Bertz CT molecular complexity index is 359. The van der Waals surface area contributed by atoms with E-state index in [4.69, 9.17) is 14.2 Å². The number of hydrogen-bond donors (Lipinski definition) is 0.